The van der Waals surface area contributed by atoms with E-state index in [0.29, 0.717) is 5.05 Å². The first-order valence-corrected chi connectivity index (χ1v) is 10.9. The molecule has 0 amide bonds. The van der Waals surface area contributed by atoms with E-state index in [1.54, 1.807) is 0 Å². The number of thiocarbonyl (C=S) groups is 1. The minimum atomic E-state index is 0.213. The van der Waals surface area contributed by atoms with Crippen LogP contribution < -0.4 is 0 Å². The number of benzene rings is 2. The molecule has 0 aliphatic heterocycles. The maximum absolute atomic E-state index is 5.85. The second-order valence-electron chi connectivity index (χ2n) is 7.98. The van der Waals surface area contributed by atoms with E-state index in [0.717, 1.165) is 36.5 Å². The van der Waals surface area contributed by atoms with Crippen LogP contribution in [0.4, 0.5) is 0 Å². The van der Waals surface area contributed by atoms with Gasteiger partial charge in [-0.3, -0.25) is 0 Å². The molecule has 5 nitrogen and oxygen atoms in total. The highest BCUT2D eigenvalue weighted by Gasteiger charge is 2.31. The van der Waals surface area contributed by atoms with Gasteiger partial charge >= 0.3 is 0 Å². The van der Waals surface area contributed by atoms with Crippen LogP contribution in [0.1, 0.15) is 29.1 Å². The number of imidazole rings is 1. The van der Waals surface area contributed by atoms with E-state index < -0.39 is 0 Å². The van der Waals surface area contributed by atoms with Gasteiger partial charge in [-0.2, -0.15) is 0 Å². The average molecular weight is 429 g/mol. The summed E-state index contributed by atoms with van der Waals surface area (Å²) in [7, 11) is 2.13. The Morgan fingerprint density at radius 2 is 1.94 bits per heavy atom. The molecule has 5 rings (SSSR count). The van der Waals surface area contributed by atoms with E-state index in [1.807, 2.05) is 49.6 Å². The molecule has 1 aliphatic carbocycles. The summed E-state index contributed by atoms with van der Waals surface area (Å²) < 4.78 is 4.47. The van der Waals surface area contributed by atoms with Crippen molar-refractivity contribution in [2.45, 2.75) is 26.3 Å². The Balaban J connectivity index is 1.58. The summed E-state index contributed by atoms with van der Waals surface area (Å²) in [4.78, 5) is 10.2. The highest BCUT2D eigenvalue weighted by atomic mass is 32.1. The smallest absolute Gasteiger partial charge is 0.228 e. The minimum Gasteiger partial charge on any atom is -0.347 e. The van der Waals surface area contributed by atoms with Crippen LogP contribution in [0.15, 0.2) is 72.1 Å². The Bertz CT molecular complexity index is 1290. The van der Waals surface area contributed by atoms with Crippen molar-refractivity contribution in [2.24, 2.45) is 18.1 Å². The fraction of sp³-hybridized carbons (Fsp3) is 0.240. The van der Waals surface area contributed by atoms with Crippen molar-refractivity contribution in [1.82, 2.24) is 14.1 Å². The molecular weight excluding hydrogens is 404 g/mol. The van der Waals surface area contributed by atoms with Crippen molar-refractivity contribution in [3.05, 3.63) is 89.6 Å². The van der Waals surface area contributed by atoms with E-state index in [1.165, 1.54) is 22.2 Å². The molecule has 31 heavy (non-hydrogen) atoms. The van der Waals surface area contributed by atoms with Crippen molar-refractivity contribution in [2.75, 3.05) is 0 Å². The van der Waals surface area contributed by atoms with Crippen LogP contribution in [0.25, 0.3) is 10.9 Å². The van der Waals surface area contributed by atoms with E-state index in [9.17, 15) is 0 Å². The SMILES string of the molecule is Cc1nccn1CC1CCc2c(c3ccccc3n2C)C1=NOC(=S)c1ccccc1. The summed E-state index contributed by atoms with van der Waals surface area (Å²) in [6.45, 7) is 2.85. The van der Waals surface area contributed by atoms with Crippen molar-refractivity contribution in [3.63, 3.8) is 0 Å². The third-order valence-corrected chi connectivity index (χ3v) is 6.49. The maximum atomic E-state index is 5.85. The predicted octanol–water partition coefficient (Wildman–Crippen LogP) is 5.04. The number of para-hydroxylation sites is 1. The lowest BCUT2D eigenvalue weighted by atomic mass is 9.84. The lowest BCUT2D eigenvalue weighted by Gasteiger charge is -2.26. The third-order valence-electron chi connectivity index (χ3n) is 6.18. The minimum absolute atomic E-state index is 0.213. The molecule has 2 aromatic carbocycles. The normalized spacial score (nSPS) is 17.1. The van der Waals surface area contributed by atoms with Gasteiger partial charge in [-0.1, -0.05) is 53.7 Å². The van der Waals surface area contributed by atoms with Gasteiger partial charge in [0.15, 0.2) is 0 Å². The lowest BCUT2D eigenvalue weighted by molar-refractivity contribution is 0.330. The zero-order chi connectivity index (χ0) is 21.4. The van der Waals surface area contributed by atoms with Crippen LogP contribution in [0.2, 0.25) is 0 Å². The molecule has 0 radical (unpaired) electrons. The zero-order valence-electron chi connectivity index (χ0n) is 17.7. The number of aromatic nitrogens is 3. The standard InChI is InChI=1S/C25H24N4OS/c1-17-26-14-15-29(17)16-19-12-13-22-23(20-10-6-7-11-21(20)28(22)2)24(19)27-30-25(31)18-8-4-3-5-9-18/h3-11,14-15,19H,12-13,16H2,1-2H3. The molecule has 0 saturated heterocycles. The van der Waals surface area contributed by atoms with Crippen LogP contribution in [-0.2, 0) is 24.9 Å². The molecule has 0 fully saturated rings. The molecule has 156 valence electrons. The number of aryl methyl sites for hydroxylation is 2. The lowest BCUT2D eigenvalue weighted by Crippen LogP contribution is -2.28. The Hall–Kier alpha value is -3.25. The number of fused-ring (bicyclic) bond motifs is 3. The van der Waals surface area contributed by atoms with Crippen molar-refractivity contribution in [3.8, 4) is 0 Å². The monoisotopic (exact) mass is 428 g/mol. The topological polar surface area (TPSA) is 44.3 Å². The fourth-order valence-electron chi connectivity index (χ4n) is 4.53. The van der Waals surface area contributed by atoms with Gasteiger partial charge in [0.1, 0.15) is 5.82 Å². The summed E-state index contributed by atoms with van der Waals surface area (Å²) in [6, 6.07) is 18.2. The van der Waals surface area contributed by atoms with Gasteiger partial charge in [-0.05, 0) is 38.0 Å². The summed E-state index contributed by atoms with van der Waals surface area (Å²) in [5.74, 6) is 1.22. The van der Waals surface area contributed by atoms with E-state index in [4.69, 9.17) is 17.1 Å². The van der Waals surface area contributed by atoms with Gasteiger partial charge in [0.05, 0.1) is 5.71 Å². The third kappa shape index (κ3) is 3.57. The first kappa shape index (κ1) is 19.7. The molecule has 2 aromatic heterocycles. The van der Waals surface area contributed by atoms with Gasteiger partial charge < -0.3 is 14.0 Å². The van der Waals surface area contributed by atoms with Crippen LogP contribution in [-0.4, -0.2) is 24.9 Å². The van der Waals surface area contributed by atoms with Gasteiger partial charge in [0, 0.05) is 59.6 Å². The van der Waals surface area contributed by atoms with Gasteiger partial charge in [-0.15, -0.1) is 0 Å². The van der Waals surface area contributed by atoms with E-state index in [2.05, 4.69) is 50.6 Å². The molecule has 2 heterocycles. The molecule has 1 atom stereocenters. The highest BCUT2D eigenvalue weighted by molar-refractivity contribution is 7.80. The Kier molecular flexibility index (Phi) is 5.16. The van der Waals surface area contributed by atoms with Gasteiger partial charge in [0.25, 0.3) is 0 Å². The quantitative estimate of drug-likeness (QED) is 0.338. The Morgan fingerprint density at radius 3 is 2.71 bits per heavy atom. The van der Waals surface area contributed by atoms with Crippen molar-refractivity contribution >= 4 is 33.9 Å². The van der Waals surface area contributed by atoms with E-state index in [-0.39, 0.29) is 5.92 Å². The van der Waals surface area contributed by atoms with Gasteiger partial charge in [-0.25, -0.2) is 4.98 Å². The first-order valence-electron chi connectivity index (χ1n) is 10.5. The number of rotatable bonds is 4. The van der Waals surface area contributed by atoms with Crippen molar-refractivity contribution < 1.29 is 4.84 Å². The summed E-state index contributed by atoms with van der Waals surface area (Å²) in [6.07, 6.45) is 5.87. The maximum Gasteiger partial charge on any atom is 0.228 e. The Labute approximate surface area is 187 Å². The number of oxime groups is 1. The van der Waals surface area contributed by atoms with Crippen molar-refractivity contribution in [1.29, 1.82) is 0 Å². The molecular formula is C25H24N4OS. The Morgan fingerprint density at radius 1 is 1.16 bits per heavy atom. The molecule has 1 unspecified atom stereocenters. The summed E-state index contributed by atoms with van der Waals surface area (Å²) >= 11 is 5.51. The van der Waals surface area contributed by atoms with Gasteiger partial charge in [0.2, 0.25) is 5.05 Å². The number of hydrogen-bond donors (Lipinski definition) is 0. The van der Waals surface area contributed by atoms with Crippen LogP contribution >= 0.6 is 12.2 Å². The molecule has 0 bridgehead atoms. The predicted molar refractivity (Wildman–Crippen MR) is 127 cm³/mol. The molecule has 1 aliphatic rings. The number of nitrogens with zero attached hydrogens (tertiary/aromatic N) is 4. The zero-order valence-corrected chi connectivity index (χ0v) is 18.5. The molecule has 6 heteroatoms. The average Bonchev–Trinajstić information content (AvgIpc) is 3.34. The van der Waals surface area contributed by atoms with Crippen LogP contribution in [0, 0.1) is 12.8 Å². The first-order chi connectivity index (χ1) is 15.1. The second-order valence-corrected chi connectivity index (χ2v) is 8.35. The largest absolute Gasteiger partial charge is 0.347 e. The number of hydrogen-bond acceptors (Lipinski definition) is 4. The second kappa shape index (κ2) is 8.12. The van der Waals surface area contributed by atoms with E-state index >= 15 is 0 Å². The summed E-state index contributed by atoms with van der Waals surface area (Å²) in [5, 5.41) is 6.28. The molecule has 0 N–H and O–H groups in total. The summed E-state index contributed by atoms with van der Waals surface area (Å²) in [5.41, 5.74) is 5.52. The highest BCUT2D eigenvalue weighted by Crippen LogP contribution is 2.35. The van der Waals surface area contributed by atoms with Crippen LogP contribution in [0.5, 0.6) is 0 Å². The molecule has 4 aromatic rings. The molecule has 0 saturated carbocycles. The molecule has 0 spiro atoms. The fourth-order valence-corrected chi connectivity index (χ4v) is 4.70. The van der Waals surface area contributed by atoms with Crippen LogP contribution in [0.3, 0.4) is 0 Å².